The summed E-state index contributed by atoms with van der Waals surface area (Å²) in [7, 11) is 0. The molecular formula is C20H22F2N4O4. The fraction of sp³-hybridized carbons (Fsp3) is 0.350. The number of halogens is 2. The van der Waals surface area contributed by atoms with Gasteiger partial charge >= 0.3 is 0 Å². The van der Waals surface area contributed by atoms with Gasteiger partial charge in [0.1, 0.15) is 29.8 Å². The van der Waals surface area contributed by atoms with E-state index >= 15 is 0 Å². The summed E-state index contributed by atoms with van der Waals surface area (Å²) in [6.45, 7) is 2.99. The van der Waals surface area contributed by atoms with Gasteiger partial charge in [-0.1, -0.05) is 13.8 Å². The quantitative estimate of drug-likeness (QED) is 0.636. The minimum Gasteiger partial charge on any atom is -0.487 e. The third-order valence-corrected chi connectivity index (χ3v) is 4.24. The first-order chi connectivity index (χ1) is 14.5. The SMILES string of the molecule is CC.O=C(Nc1cc2c(cc1OCC(F)F)OC(CO)C2)c1cnn2cccnc12. The van der Waals surface area contributed by atoms with Crippen molar-refractivity contribution in [2.75, 3.05) is 18.5 Å². The van der Waals surface area contributed by atoms with Gasteiger partial charge in [0, 0.05) is 30.4 Å². The molecule has 0 saturated carbocycles. The van der Waals surface area contributed by atoms with Crippen molar-refractivity contribution < 1.29 is 28.2 Å². The molecule has 0 bridgehead atoms. The summed E-state index contributed by atoms with van der Waals surface area (Å²) in [5.74, 6) is -0.0254. The Morgan fingerprint density at radius 3 is 2.97 bits per heavy atom. The van der Waals surface area contributed by atoms with Gasteiger partial charge in [0.15, 0.2) is 5.65 Å². The first-order valence-corrected chi connectivity index (χ1v) is 9.50. The molecule has 10 heteroatoms. The highest BCUT2D eigenvalue weighted by molar-refractivity contribution is 6.08. The van der Waals surface area contributed by atoms with Gasteiger partial charge in [-0.05, 0) is 12.1 Å². The molecule has 8 nitrogen and oxygen atoms in total. The van der Waals surface area contributed by atoms with Crippen molar-refractivity contribution in [1.82, 2.24) is 14.6 Å². The number of alkyl halides is 2. The maximum Gasteiger partial charge on any atom is 0.272 e. The van der Waals surface area contributed by atoms with E-state index in [1.165, 1.54) is 23.0 Å². The van der Waals surface area contributed by atoms with Crippen LogP contribution < -0.4 is 14.8 Å². The molecule has 0 radical (unpaired) electrons. The number of aliphatic hydroxyl groups is 1. The van der Waals surface area contributed by atoms with Gasteiger partial charge < -0.3 is 19.9 Å². The van der Waals surface area contributed by atoms with E-state index in [0.29, 0.717) is 17.8 Å². The summed E-state index contributed by atoms with van der Waals surface area (Å²) < 4.78 is 37.4. The molecule has 2 N–H and O–H groups in total. The van der Waals surface area contributed by atoms with E-state index in [2.05, 4.69) is 15.4 Å². The predicted octanol–water partition coefficient (Wildman–Crippen LogP) is 2.95. The van der Waals surface area contributed by atoms with Gasteiger partial charge in [-0.3, -0.25) is 4.79 Å². The van der Waals surface area contributed by atoms with Crippen LogP contribution in [0.1, 0.15) is 29.8 Å². The average molecular weight is 420 g/mol. The molecule has 0 saturated heterocycles. The number of anilines is 1. The number of amides is 1. The fourth-order valence-corrected chi connectivity index (χ4v) is 2.99. The largest absolute Gasteiger partial charge is 0.487 e. The number of carbonyl (C=O) groups excluding carboxylic acids is 1. The summed E-state index contributed by atoms with van der Waals surface area (Å²) in [5, 5.41) is 16.0. The number of nitrogens with zero attached hydrogens (tertiary/aromatic N) is 3. The normalized spacial score (nSPS) is 14.7. The second-order valence-electron chi connectivity index (χ2n) is 6.18. The molecule has 3 heterocycles. The van der Waals surface area contributed by atoms with Crippen molar-refractivity contribution in [3.8, 4) is 11.5 Å². The van der Waals surface area contributed by atoms with Crippen molar-refractivity contribution in [2.45, 2.75) is 32.8 Å². The molecule has 1 unspecified atom stereocenters. The number of rotatable bonds is 6. The second kappa shape index (κ2) is 9.49. The minimum atomic E-state index is -2.67. The number of hydrogen-bond acceptors (Lipinski definition) is 6. The van der Waals surface area contributed by atoms with Gasteiger partial charge in [0.05, 0.1) is 18.5 Å². The van der Waals surface area contributed by atoms with Crippen molar-refractivity contribution in [2.24, 2.45) is 0 Å². The van der Waals surface area contributed by atoms with Crippen LogP contribution in [0.15, 0.2) is 36.8 Å². The van der Waals surface area contributed by atoms with E-state index in [0.717, 1.165) is 5.56 Å². The lowest BCUT2D eigenvalue weighted by molar-refractivity contribution is 0.0819. The first-order valence-electron chi connectivity index (χ1n) is 9.50. The van der Waals surface area contributed by atoms with E-state index in [9.17, 15) is 18.7 Å². The summed E-state index contributed by atoms with van der Waals surface area (Å²) in [6, 6.07) is 4.72. The van der Waals surface area contributed by atoms with Crippen LogP contribution in [0.3, 0.4) is 0 Å². The Kier molecular flexibility index (Phi) is 6.78. The number of hydrogen-bond donors (Lipinski definition) is 2. The van der Waals surface area contributed by atoms with Gasteiger partial charge in [-0.25, -0.2) is 18.3 Å². The molecule has 0 spiro atoms. The molecule has 3 aromatic rings. The highest BCUT2D eigenvalue weighted by Crippen LogP contribution is 2.38. The zero-order valence-electron chi connectivity index (χ0n) is 16.5. The monoisotopic (exact) mass is 420 g/mol. The molecule has 1 aliphatic heterocycles. The second-order valence-corrected chi connectivity index (χ2v) is 6.18. The third kappa shape index (κ3) is 4.48. The summed E-state index contributed by atoms with van der Waals surface area (Å²) in [5.41, 5.74) is 1.55. The van der Waals surface area contributed by atoms with Gasteiger partial charge in [-0.2, -0.15) is 5.10 Å². The van der Waals surface area contributed by atoms with Crippen molar-refractivity contribution in [3.63, 3.8) is 0 Å². The summed E-state index contributed by atoms with van der Waals surface area (Å²) in [4.78, 5) is 16.8. The van der Waals surface area contributed by atoms with Crippen LogP contribution in [-0.2, 0) is 6.42 Å². The Labute approximate surface area is 171 Å². The lowest BCUT2D eigenvalue weighted by Gasteiger charge is -2.14. The zero-order valence-corrected chi connectivity index (χ0v) is 16.5. The molecule has 30 heavy (non-hydrogen) atoms. The molecule has 1 amide bonds. The van der Waals surface area contributed by atoms with Gasteiger partial charge in [0.25, 0.3) is 12.3 Å². The number of aliphatic hydroxyl groups excluding tert-OH is 1. The first kappa shape index (κ1) is 21.4. The number of nitrogens with one attached hydrogen (secondary N) is 1. The Morgan fingerprint density at radius 1 is 1.43 bits per heavy atom. The molecule has 4 rings (SSSR count). The maximum atomic E-state index is 12.7. The van der Waals surface area contributed by atoms with Crippen LogP contribution in [0.25, 0.3) is 5.65 Å². The number of carbonyl (C=O) groups is 1. The molecule has 0 aliphatic carbocycles. The van der Waals surface area contributed by atoms with Gasteiger partial charge in [-0.15, -0.1) is 0 Å². The van der Waals surface area contributed by atoms with E-state index in [-0.39, 0.29) is 23.6 Å². The zero-order chi connectivity index (χ0) is 21.7. The lowest BCUT2D eigenvalue weighted by atomic mass is 10.1. The summed E-state index contributed by atoms with van der Waals surface area (Å²) >= 11 is 0. The van der Waals surface area contributed by atoms with E-state index in [1.54, 1.807) is 18.3 Å². The summed E-state index contributed by atoms with van der Waals surface area (Å²) in [6.07, 6.45) is 1.89. The minimum absolute atomic E-state index is 0.0513. The van der Waals surface area contributed by atoms with Crippen molar-refractivity contribution >= 4 is 17.2 Å². The topological polar surface area (TPSA) is 98.0 Å². The number of fused-ring (bicyclic) bond motifs is 2. The van der Waals surface area contributed by atoms with Crippen LogP contribution in [-0.4, -0.2) is 51.4 Å². The molecule has 2 aromatic heterocycles. The van der Waals surface area contributed by atoms with Crippen molar-refractivity contribution in [3.05, 3.63) is 47.9 Å². The highest BCUT2D eigenvalue weighted by Gasteiger charge is 2.26. The van der Waals surface area contributed by atoms with E-state index in [1.807, 2.05) is 13.8 Å². The van der Waals surface area contributed by atoms with Crippen LogP contribution in [0.4, 0.5) is 14.5 Å². The molecular weight excluding hydrogens is 398 g/mol. The molecule has 0 fully saturated rings. The Balaban J connectivity index is 0.00000124. The van der Waals surface area contributed by atoms with Crippen molar-refractivity contribution in [1.29, 1.82) is 0 Å². The number of aromatic nitrogens is 3. The van der Waals surface area contributed by atoms with Crippen LogP contribution in [0.2, 0.25) is 0 Å². The molecule has 160 valence electrons. The van der Waals surface area contributed by atoms with Crippen LogP contribution in [0, 0.1) is 0 Å². The average Bonchev–Trinajstić information content (AvgIpc) is 3.36. The molecule has 1 aliphatic rings. The smallest absolute Gasteiger partial charge is 0.272 e. The Bertz CT molecular complexity index is 1030. The fourth-order valence-electron chi connectivity index (χ4n) is 2.99. The predicted molar refractivity (Wildman–Crippen MR) is 105 cm³/mol. The standard InChI is InChI=1S/C18H16F2N4O4.C2H6/c19-16(20)9-27-15-6-14-10(4-11(8-25)28-14)5-13(15)23-18(26)12-7-22-24-3-1-2-21-17(12)24;1-2/h1-3,5-7,11,16,25H,4,8-9H2,(H,23,26);1-2H3. The van der Waals surface area contributed by atoms with Crippen LogP contribution >= 0.6 is 0 Å². The van der Waals surface area contributed by atoms with Crippen LogP contribution in [0.5, 0.6) is 11.5 Å². The molecule has 1 atom stereocenters. The lowest BCUT2D eigenvalue weighted by Crippen LogP contribution is -2.17. The number of benzene rings is 1. The third-order valence-electron chi connectivity index (χ3n) is 4.24. The maximum absolute atomic E-state index is 12.7. The number of ether oxygens (including phenoxy) is 2. The van der Waals surface area contributed by atoms with Gasteiger partial charge in [0.2, 0.25) is 0 Å². The highest BCUT2D eigenvalue weighted by atomic mass is 19.3. The Morgan fingerprint density at radius 2 is 2.23 bits per heavy atom. The Hall–Kier alpha value is -3.27. The van der Waals surface area contributed by atoms with E-state index in [4.69, 9.17) is 9.47 Å². The van der Waals surface area contributed by atoms with E-state index < -0.39 is 25.0 Å². The molecule has 1 aromatic carbocycles.